The minimum absolute atomic E-state index is 0.0603. The van der Waals surface area contributed by atoms with E-state index in [0.29, 0.717) is 17.2 Å². The number of aromatic nitrogens is 2. The van der Waals surface area contributed by atoms with Gasteiger partial charge in [-0.2, -0.15) is 5.10 Å². The molecule has 1 aliphatic carbocycles. The fourth-order valence-electron chi connectivity index (χ4n) is 2.63. The third kappa shape index (κ3) is 3.75. The average Bonchev–Trinajstić information content (AvgIpc) is 3.33. The molecule has 3 rings (SSSR count). The molecule has 0 saturated heterocycles. The third-order valence-electron chi connectivity index (χ3n) is 4.45. The van der Waals surface area contributed by atoms with Crippen LogP contribution in [0, 0.1) is 11.7 Å². The van der Waals surface area contributed by atoms with Crippen LogP contribution in [-0.2, 0) is 4.79 Å². The number of rotatable bonds is 5. The molecule has 0 N–H and O–H groups in total. The highest BCUT2D eigenvalue weighted by Gasteiger charge is 2.31. The zero-order valence-electron chi connectivity index (χ0n) is 13.6. The Kier molecular flexibility index (Phi) is 4.85. The second kappa shape index (κ2) is 6.89. The number of amides is 1. The molecule has 1 aliphatic rings. The van der Waals surface area contributed by atoms with Crippen LogP contribution < -0.4 is 0 Å². The molecule has 126 valence electrons. The predicted octanol–water partition coefficient (Wildman–Crippen LogP) is 4.04. The first-order chi connectivity index (χ1) is 11.5. The van der Waals surface area contributed by atoms with Gasteiger partial charge in [-0.15, -0.1) is 0 Å². The van der Waals surface area contributed by atoms with Gasteiger partial charge in [0.15, 0.2) is 0 Å². The normalized spacial score (nSPS) is 15.7. The minimum Gasteiger partial charge on any atom is -0.339 e. The second-order valence-corrected chi connectivity index (χ2v) is 7.09. The molecular weight excluding hydrogens is 373 g/mol. The number of halogens is 2. The van der Waals surface area contributed by atoms with E-state index in [0.717, 1.165) is 4.47 Å². The monoisotopic (exact) mass is 391 g/mol. The van der Waals surface area contributed by atoms with Crippen molar-refractivity contribution in [3.63, 3.8) is 0 Å². The Labute approximate surface area is 149 Å². The molecule has 1 atom stereocenters. The molecule has 0 aliphatic heterocycles. The summed E-state index contributed by atoms with van der Waals surface area (Å²) in [6.07, 6.45) is 8.81. The van der Waals surface area contributed by atoms with Crippen LogP contribution in [0.2, 0.25) is 0 Å². The molecule has 1 fully saturated rings. The SMILES string of the molecule is CC(C1CC1)N(C)C(=O)/C=C/c1ccc(-n2cc(Br)cn2)c(F)c1. The average molecular weight is 392 g/mol. The molecule has 1 unspecified atom stereocenters. The zero-order valence-corrected chi connectivity index (χ0v) is 15.2. The lowest BCUT2D eigenvalue weighted by Crippen LogP contribution is -2.35. The van der Waals surface area contributed by atoms with Gasteiger partial charge in [-0.25, -0.2) is 9.07 Å². The van der Waals surface area contributed by atoms with E-state index in [9.17, 15) is 9.18 Å². The van der Waals surface area contributed by atoms with Gasteiger partial charge in [0.25, 0.3) is 0 Å². The number of carbonyl (C=O) groups excluding carboxylic acids is 1. The van der Waals surface area contributed by atoms with E-state index < -0.39 is 0 Å². The summed E-state index contributed by atoms with van der Waals surface area (Å²) in [4.78, 5) is 13.9. The topological polar surface area (TPSA) is 38.1 Å². The molecule has 0 radical (unpaired) electrons. The number of hydrogen-bond donors (Lipinski definition) is 0. The Hall–Kier alpha value is -1.95. The van der Waals surface area contributed by atoms with Crippen molar-refractivity contribution in [3.8, 4) is 5.69 Å². The molecule has 24 heavy (non-hydrogen) atoms. The van der Waals surface area contributed by atoms with Crippen molar-refractivity contribution in [2.75, 3.05) is 7.05 Å². The van der Waals surface area contributed by atoms with E-state index >= 15 is 0 Å². The largest absolute Gasteiger partial charge is 0.339 e. The molecule has 1 heterocycles. The Balaban J connectivity index is 1.71. The molecule has 0 spiro atoms. The van der Waals surface area contributed by atoms with Gasteiger partial charge in [-0.05, 0) is 65.4 Å². The van der Waals surface area contributed by atoms with Crippen LogP contribution in [0.4, 0.5) is 4.39 Å². The minimum atomic E-state index is -0.389. The zero-order chi connectivity index (χ0) is 17.3. The predicted molar refractivity (Wildman–Crippen MR) is 95.2 cm³/mol. The molecule has 1 aromatic heterocycles. The fourth-order valence-corrected chi connectivity index (χ4v) is 2.91. The van der Waals surface area contributed by atoms with E-state index in [1.807, 2.05) is 7.05 Å². The van der Waals surface area contributed by atoms with Crippen LogP contribution in [0.1, 0.15) is 25.3 Å². The molecule has 1 aromatic carbocycles. The van der Waals surface area contributed by atoms with Crippen LogP contribution in [0.5, 0.6) is 0 Å². The van der Waals surface area contributed by atoms with Crippen molar-refractivity contribution in [1.82, 2.24) is 14.7 Å². The summed E-state index contributed by atoms with van der Waals surface area (Å²) in [5.41, 5.74) is 1.01. The number of hydrogen-bond acceptors (Lipinski definition) is 2. The molecule has 6 heteroatoms. The van der Waals surface area contributed by atoms with Crippen molar-refractivity contribution in [2.24, 2.45) is 5.92 Å². The smallest absolute Gasteiger partial charge is 0.246 e. The van der Waals surface area contributed by atoms with Crippen molar-refractivity contribution < 1.29 is 9.18 Å². The van der Waals surface area contributed by atoms with E-state index in [2.05, 4.69) is 28.0 Å². The lowest BCUT2D eigenvalue weighted by atomic mass is 10.1. The van der Waals surface area contributed by atoms with Gasteiger partial charge in [0.2, 0.25) is 5.91 Å². The Morgan fingerprint density at radius 1 is 1.50 bits per heavy atom. The van der Waals surface area contributed by atoms with Crippen molar-refractivity contribution in [3.05, 3.63) is 52.5 Å². The van der Waals surface area contributed by atoms with Gasteiger partial charge < -0.3 is 4.90 Å². The summed E-state index contributed by atoms with van der Waals surface area (Å²) in [5.74, 6) is 0.173. The van der Waals surface area contributed by atoms with Gasteiger partial charge in [-0.1, -0.05) is 6.07 Å². The molecule has 1 amide bonds. The van der Waals surface area contributed by atoms with E-state index in [1.54, 1.807) is 35.5 Å². The fraction of sp³-hybridized carbons (Fsp3) is 0.333. The number of benzene rings is 1. The van der Waals surface area contributed by atoms with Crippen LogP contribution in [0.25, 0.3) is 11.8 Å². The second-order valence-electron chi connectivity index (χ2n) is 6.17. The van der Waals surface area contributed by atoms with Crippen molar-refractivity contribution in [1.29, 1.82) is 0 Å². The van der Waals surface area contributed by atoms with Gasteiger partial charge in [0, 0.05) is 25.4 Å². The molecule has 2 aromatic rings. The maximum Gasteiger partial charge on any atom is 0.246 e. The van der Waals surface area contributed by atoms with Gasteiger partial charge in [0.1, 0.15) is 11.5 Å². The van der Waals surface area contributed by atoms with Crippen LogP contribution in [-0.4, -0.2) is 33.7 Å². The summed E-state index contributed by atoms with van der Waals surface area (Å²) < 4.78 is 16.5. The highest BCUT2D eigenvalue weighted by atomic mass is 79.9. The van der Waals surface area contributed by atoms with Gasteiger partial charge in [0.05, 0.1) is 10.7 Å². The Morgan fingerprint density at radius 3 is 2.83 bits per heavy atom. The maximum atomic E-state index is 14.3. The van der Waals surface area contributed by atoms with Gasteiger partial charge in [-0.3, -0.25) is 4.79 Å². The molecular formula is C18H19BrFN3O. The van der Waals surface area contributed by atoms with Crippen LogP contribution in [0.15, 0.2) is 41.1 Å². The standard InChI is InChI=1S/C18H19BrFN3O/c1-12(14-5-6-14)22(2)18(24)8-4-13-3-7-17(16(20)9-13)23-11-15(19)10-21-23/h3-4,7-12,14H,5-6H2,1-2H3/b8-4+. The summed E-state index contributed by atoms with van der Waals surface area (Å²) in [5, 5.41) is 4.07. The van der Waals surface area contributed by atoms with Crippen LogP contribution in [0.3, 0.4) is 0 Å². The lowest BCUT2D eigenvalue weighted by molar-refractivity contribution is -0.126. The molecule has 0 bridgehead atoms. The quantitative estimate of drug-likeness (QED) is 0.721. The van der Waals surface area contributed by atoms with E-state index in [1.165, 1.54) is 29.7 Å². The third-order valence-corrected chi connectivity index (χ3v) is 4.86. The molecule has 1 saturated carbocycles. The summed E-state index contributed by atoms with van der Waals surface area (Å²) in [7, 11) is 1.81. The first-order valence-electron chi connectivity index (χ1n) is 7.90. The van der Waals surface area contributed by atoms with E-state index in [-0.39, 0.29) is 17.8 Å². The van der Waals surface area contributed by atoms with Crippen molar-refractivity contribution in [2.45, 2.75) is 25.8 Å². The van der Waals surface area contributed by atoms with Crippen molar-refractivity contribution >= 4 is 27.9 Å². The first kappa shape index (κ1) is 16.9. The summed E-state index contributed by atoms with van der Waals surface area (Å²) >= 11 is 3.29. The van der Waals surface area contributed by atoms with Crippen LogP contribution >= 0.6 is 15.9 Å². The summed E-state index contributed by atoms with van der Waals surface area (Å²) in [6.45, 7) is 2.07. The maximum absolute atomic E-state index is 14.3. The molecule has 4 nitrogen and oxygen atoms in total. The number of likely N-dealkylation sites (N-methyl/N-ethyl adjacent to an activating group) is 1. The lowest BCUT2D eigenvalue weighted by Gasteiger charge is -2.23. The highest BCUT2D eigenvalue weighted by Crippen LogP contribution is 2.34. The number of nitrogens with zero attached hydrogens (tertiary/aromatic N) is 3. The van der Waals surface area contributed by atoms with E-state index in [4.69, 9.17) is 0 Å². The Bertz CT molecular complexity index is 782. The first-order valence-corrected chi connectivity index (χ1v) is 8.70. The summed E-state index contributed by atoms with van der Waals surface area (Å²) in [6, 6.07) is 5.07. The number of carbonyl (C=O) groups is 1. The Morgan fingerprint density at radius 2 is 2.25 bits per heavy atom. The van der Waals surface area contributed by atoms with Gasteiger partial charge >= 0.3 is 0 Å². The highest BCUT2D eigenvalue weighted by molar-refractivity contribution is 9.10.